The van der Waals surface area contributed by atoms with Crippen LogP contribution in [0.25, 0.3) is 0 Å². The number of ether oxygens (including phenoxy) is 2. The van der Waals surface area contributed by atoms with E-state index in [9.17, 15) is 5.11 Å². The van der Waals surface area contributed by atoms with Crippen molar-refractivity contribution in [1.29, 1.82) is 0 Å². The highest BCUT2D eigenvalue weighted by Gasteiger charge is 2.39. The largest absolute Gasteiger partial charge is 0.389 e. The highest BCUT2D eigenvalue weighted by atomic mass is 16.5. The zero-order valence-electron chi connectivity index (χ0n) is 13.5. The number of aliphatic hydroxyl groups is 1. The summed E-state index contributed by atoms with van der Waals surface area (Å²) >= 11 is 0. The monoisotopic (exact) mass is 297 g/mol. The Kier molecular flexibility index (Phi) is 5.20. The molecule has 1 aliphatic heterocycles. The summed E-state index contributed by atoms with van der Waals surface area (Å²) in [5.41, 5.74) is 0. The molecule has 3 rings (SSSR count). The van der Waals surface area contributed by atoms with Gasteiger partial charge in [-0.05, 0) is 50.9 Å². The SMILES string of the molecule is C[C@@H]1CN(C[C@H](O)COC[C@H]2C[C@H]3CC[C@H]2C3)C[C@@H](C)O1. The average molecular weight is 297 g/mol. The van der Waals surface area contributed by atoms with E-state index in [0.717, 1.165) is 37.5 Å². The van der Waals surface area contributed by atoms with Crippen LogP contribution in [0.5, 0.6) is 0 Å². The maximum absolute atomic E-state index is 10.2. The van der Waals surface area contributed by atoms with Crippen molar-refractivity contribution in [1.82, 2.24) is 4.90 Å². The summed E-state index contributed by atoms with van der Waals surface area (Å²) in [6, 6.07) is 0. The fraction of sp³-hybridized carbons (Fsp3) is 1.00. The Morgan fingerprint density at radius 2 is 1.95 bits per heavy atom. The van der Waals surface area contributed by atoms with Gasteiger partial charge in [0.25, 0.3) is 0 Å². The molecule has 4 nitrogen and oxygen atoms in total. The van der Waals surface area contributed by atoms with Crippen molar-refractivity contribution < 1.29 is 14.6 Å². The summed E-state index contributed by atoms with van der Waals surface area (Å²) in [5.74, 6) is 2.65. The lowest BCUT2D eigenvalue weighted by Gasteiger charge is -2.36. The second-order valence-electron chi connectivity index (χ2n) is 7.60. The van der Waals surface area contributed by atoms with Gasteiger partial charge in [-0.15, -0.1) is 0 Å². The van der Waals surface area contributed by atoms with Gasteiger partial charge in [-0.25, -0.2) is 0 Å². The van der Waals surface area contributed by atoms with Gasteiger partial charge in [0.1, 0.15) is 0 Å². The smallest absolute Gasteiger partial charge is 0.0900 e. The predicted molar refractivity (Wildman–Crippen MR) is 82.2 cm³/mol. The Balaban J connectivity index is 1.32. The molecule has 0 aromatic carbocycles. The van der Waals surface area contributed by atoms with Crippen LogP contribution in [-0.2, 0) is 9.47 Å². The van der Waals surface area contributed by atoms with Gasteiger partial charge in [-0.3, -0.25) is 4.90 Å². The molecular formula is C17H31NO3. The lowest BCUT2D eigenvalue weighted by atomic mass is 9.90. The van der Waals surface area contributed by atoms with Gasteiger partial charge in [0, 0.05) is 26.2 Å². The highest BCUT2D eigenvalue weighted by Crippen LogP contribution is 2.48. The van der Waals surface area contributed by atoms with Crippen molar-refractivity contribution >= 4 is 0 Å². The van der Waals surface area contributed by atoms with E-state index in [2.05, 4.69) is 18.7 Å². The van der Waals surface area contributed by atoms with Crippen LogP contribution >= 0.6 is 0 Å². The lowest BCUT2D eigenvalue weighted by Crippen LogP contribution is -2.48. The van der Waals surface area contributed by atoms with Crippen LogP contribution in [0.4, 0.5) is 0 Å². The molecule has 1 N–H and O–H groups in total. The molecular weight excluding hydrogens is 266 g/mol. The van der Waals surface area contributed by atoms with E-state index in [0.29, 0.717) is 13.2 Å². The summed E-state index contributed by atoms with van der Waals surface area (Å²) in [5, 5.41) is 10.2. The van der Waals surface area contributed by atoms with Crippen LogP contribution in [0.3, 0.4) is 0 Å². The Morgan fingerprint density at radius 1 is 1.19 bits per heavy atom. The first-order valence-corrected chi connectivity index (χ1v) is 8.73. The summed E-state index contributed by atoms with van der Waals surface area (Å²) in [6.45, 7) is 8.06. The van der Waals surface area contributed by atoms with E-state index in [1.54, 1.807) is 0 Å². The number of nitrogens with zero attached hydrogens (tertiary/aromatic N) is 1. The number of fused-ring (bicyclic) bond motifs is 2. The minimum Gasteiger partial charge on any atom is -0.389 e. The molecule has 0 amide bonds. The second-order valence-corrected chi connectivity index (χ2v) is 7.60. The zero-order chi connectivity index (χ0) is 14.8. The fourth-order valence-electron chi connectivity index (χ4n) is 4.72. The Labute approximate surface area is 128 Å². The van der Waals surface area contributed by atoms with E-state index in [4.69, 9.17) is 9.47 Å². The van der Waals surface area contributed by atoms with E-state index in [1.807, 2.05) is 0 Å². The van der Waals surface area contributed by atoms with Gasteiger partial charge in [0.15, 0.2) is 0 Å². The van der Waals surface area contributed by atoms with Gasteiger partial charge in [-0.1, -0.05) is 6.42 Å². The van der Waals surface area contributed by atoms with Crippen molar-refractivity contribution in [3.8, 4) is 0 Å². The molecule has 2 bridgehead atoms. The van der Waals surface area contributed by atoms with Gasteiger partial charge in [-0.2, -0.15) is 0 Å². The highest BCUT2D eigenvalue weighted by molar-refractivity contribution is 4.89. The first kappa shape index (κ1) is 15.7. The van der Waals surface area contributed by atoms with Crippen molar-refractivity contribution in [2.75, 3.05) is 32.8 Å². The Hall–Kier alpha value is -0.160. The normalized spacial score (nSPS) is 41.6. The zero-order valence-corrected chi connectivity index (χ0v) is 13.5. The third-order valence-corrected chi connectivity index (χ3v) is 5.49. The minimum absolute atomic E-state index is 0.260. The Morgan fingerprint density at radius 3 is 2.57 bits per heavy atom. The molecule has 1 saturated heterocycles. The molecule has 6 atom stereocenters. The third-order valence-electron chi connectivity index (χ3n) is 5.49. The summed E-state index contributed by atoms with van der Waals surface area (Å²) in [6.07, 6.45) is 5.79. The molecule has 0 unspecified atom stereocenters. The lowest BCUT2D eigenvalue weighted by molar-refractivity contribution is -0.0832. The Bertz CT molecular complexity index is 328. The molecule has 1 heterocycles. The second kappa shape index (κ2) is 6.95. The molecule has 0 aromatic rings. The number of rotatable bonds is 6. The predicted octanol–water partition coefficient (Wildman–Crippen LogP) is 1.91. The molecule has 122 valence electrons. The van der Waals surface area contributed by atoms with E-state index >= 15 is 0 Å². The molecule has 0 radical (unpaired) electrons. The summed E-state index contributed by atoms with van der Waals surface area (Å²) < 4.78 is 11.5. The molecule has 3 fully saturated rings. The number of β-amino-alcohol motifs (C(OH)–C–C–N with tert-alkyl or cyclic N) is 1. The van der Waals surface area contributed by atoms with Crippen LogP contribution in [0.15, 0.2) is 0 Å². The van der Waals surface area contributed by atoms with Gasteiger partial charge in [0.05, 0.1) is 24.9 Å². The van der Waals surface area contributed by atoms with Crippen LogP contribution in [-0.4, -0.2) is 61.2 Å². The third kappa shape index (κ3) is 4.19. The van der Waals surface area contributed by atoms with E-state index in [-0.39, 0.29) is 18.3 Å². The van der Waals surface area contributed by atoms with E-state index in [1.165, 1.54) is 25.7 Å². The molecule has 2 aliphatic carbocycles. The van der Waals surface area contributed by atoms with Gasteiger partial charge < -0.3 is 14.6 Å². The fourth-order valence-corrected chi connectivity index (χ4v) is 4.72. The molecule has 3 aliphatic rings. The first-order valence-electron chi connectivity index (χ1n) is 8.73. The van der Waals surface area contributed by atoms with Crippen LogP contribution in [0, 0.1) is 17.8 Å². The van der Waals surface area contributed by atoms with Crippen molar-refractivity contribution in [2.45, 2.75) is 57.8 Å². The quantitative estimate of drug-likeness (QED) is 0.813. The maximum atomic E-state index is 10.2. The number of hydrogen-bond donors (Lipinski definition) is 1. The molecule has 0 aromatic heterocycles. The van der Waals surface area contributed by atoms with Crippen molar-refractivity contribution in [3.05, 3.63) is 0 Å². The van der Waals surface area contributed by atoms with E-state index < -0.39 is 0 Å². The first-order chi connectivity index (χ1) is 10.1. The molecule has 21 heavy (non-hydrogen) atoms. The van der Waals surface area contributed by atoms with Crippen LogP contribution in [0.1, 0.15) is 39.5 Å². The maximum Gasteiger partial charge on any atom is 0.0900 e. The summed E-state index contributed by atoms with van der Waals surface area (Å²) in [7, 11) is 0. The van der Waals surface area contributed by atoms with Crippen molar-refractivity contribution in [3.63, 3.8) is 0 Å². The summed E-state index contributed by atoms with van der Waals surface area (Å²) in [4.78, 5) is 2.30. The number of aliphatic hydroxyl groups excluding tert-OH is 1. The standard InChI is InChI=1S/C17H31NO3/c1-12-7-18(8-13(2)21-12)9-17(19)11-20-10-16-6-14-3-4-15(16)5-14/h12-17,19H,3-11H2,1-2H3/t12-,13-,14+,15+,16-,17+/m1/s1. The minimum atomic E-state index is -0.374. The average Bonchev–Trinajstić information content (AvgIpc) is 2.99. The molecule has 4 heteroatoms. The van der Waals surface area contributed by atoms with Gasteiger partial charge >= 0.3 is 0 Å². The van der Waals surface area contributed by atoms with Crippen LogP contribution in [0.2, 0.25) is 0 Å². The number of morpholine rings is 1. The van der Waals surface area contributed by atoms with Crippen molar-refractivity contribution in [2.24, 2.45) is 17.8 Å². The topological polar surface area (TPSA) is 41.9 Å². The molecule has 2 saturated carbocycles. The molecule has 0 spiro atoms. The van der Waals surface area contributed by atoms with Crippen LogP contribution < -0.4 is 0 Å². The number of hydrogen-bond acceptors (Lipinski definition) is 4. The van der Waals surface area contributed by atoms with Gasteiger partial charge in [0.2, 0.25) is 0 Å².